The summed E-state index contributed by atoms with van der Waals surface area (Å²) in [7, 11) is 0. The van der Waals surface area contributed by atoms with Crippen molar-refractivity contribution in [1.82, 2.24) is 0 Å². The highest BCUT2D eigenvalue weighted by Crippen LogP contribution is 2.66. The van der Waals surface area contributed by atoms with Crippen molar-refractivity contribution in [2.45, 2.75) is 16.2 Å². The van der Waals surface area contributed by atoms with Crippen LogP contribution in [0.1, 0.15) is 66.8 Å². The van der Waals surface area contributed by atoms with Crippen LogP contribution in [0.3, 0.4) is 0 Å². The zero-order chi connectivity index (χ0) is 55.1. The fourth-order valence-electron chi connectivity index (χ4n) is 15.9. The third-order valence-corrected chi connectivity index (χ3v) is 19.1. The van der Waals surface area contributed by atoms with E-state index in [2.05, 4.69) is 314 Å². The minimum absolute atomic E-state index is 0.599. The van der Waals surface area contributed by atoms with Crippen LogP contribution in [0.4, 0.5) is 17.1 Å². The molecule has 0 bridgehead atoms. The van der Waals surface area contributed by atoms with Crippen LogP contribution in [0.15, 0.2) is 309 Å². The van der Waals surface area contributed by atoms with Crippen LogP contribution >= 0.6 is 0 Å². The maximum Gasteiger partial charge on any atom is 0.132 e. The predicted molar refractivity (Wildman–Crippen MR) is 339 cm³/mol. The molecule has 2 spiro atoms. The van der Waals surface area contributed by atoms with Gasteiger partial charge in [-0.15, -0.1) is 0 Å². The fourth-order valence-corrected chi connectivity index (χ4v) is 15.9. The van der Waals surface area contributed by atoms with Crippen molar-refractivity contribution in [3.8, 4) is 67.5 Å². The first kappa shape index (κ1) is 47.0. The SMILES string of the molecule is c1ccc(C2(c3ccccc3)c3ccccc3-c3ccc(N(c4cccc(-c5ccc6c(c5)C5(c7ccccc7Oc7ccccc75)c5ccccc5-6)c4)c4cccc5c4-c4ccccc4C54c5ccccc5Oc5ccccc54)cc32)cc1. The van der Waals surface area contributed by atoms with Crippen molar-refractivity contribution < 1.29 is 9.47 Å². The van der Waals surface area contributed by atoms with E-state index >= 15 is 0 Å². The lowest BCUT2D eigenvalue weighted by atomic mass is 9.66. The van der Waals surface area contributed by atoms with E-state index in [-0.39, 0.29) is 0 Å². The first-order valence-electron chi connectivity index (χ1n) is 29.1. The molecule has 0 saturated carbocycles. The zero-order valence-corrected chi connectivity index (χ0v) is 45.7. The topological polar surface area (TPSA) is 21.7 Å². The Morgan fingerprint density at radius 1 is 0.226 bits per heavy atom. The lowest BCUT2D eigenvalue weighted by molar-refractivity contribution is 0.436. The average Bonchev–Trinajstić information content (AvgIpc) is 1.79. The smallest absolute Gasteiger partial charge is 0.132 e. The molecule has 0 aromatic heterocycles. The lowest BCUT2D eigenvalue weighted by Crippen LogP contribution is -2.32. The van der Waals surface area contributed by atoms with Gasteiger partial charge in [0, 0.05) is 39.2 Å². The zero-order valence-electron chi connectivity index (χ0n) is 45.7. The van der Waals surface area contributed by atoms with E-state index in [1.165, 1.54) is 77.9 Å². The third-order valence-electron chi connectivity index (χ3n) is 19.1. The Hall–Kier alpha value is -10.7. The average molecular weight is 1070 g/mol. The minimum atomic E-state index is -0.657. The predicted octanol–water partition coefficient (Wildman–Crippen LogP) is 20.1. The van der Waals surface area contributed by atoms with Crippen LogP contribution in [-0.2, 0) is 16.2 Å². The molecule has 0 saturated heterocycles. The van der Waals surface area contributed by atoms with Gasteiger partial charge in [-0.3, -0.25) is 0 Å². The van der Waals surface area contributed by atoms with Gasteiger partial charge in [0.1, 0.15) is 23.0 Å². The summed E-state index contributed by atoms with van der Waals surface area (Å²) in [5.41, 5.74) is 25.5. The molecule has 0 atom stereocenters. The normalized spacial score (nSPS) is 14.7. The number of nitrogens with zero attached hydrogens (tertiary/aromatic N) is 1. The van der Waals surface area contributed by atoms with E-state index in [0.29, 0.717) is 0 Å². The molecular formula is C81H51NO2. The monoisotopic (exact) mass is 1070 g/mol. The summed E-state index contributed by atoms with van der Waals surface area (Å²) in [5, 5.41) is 0. The van der Waals surface area contributed by atoms with Gasteiger partial charge in [-0.2, -0.15) is 0 Å². The number of hydrogen-bond acceptors (Lipinski definition) is 3. The maximum absolute atomic E-state index is 6.83. The number of ether oxygens (including phenoxy) is 2. The molecule has 3 nitrogen and oxygen atoms in total. The molecule has 13 aromatic rings. The third kappa shape index (κ3) is 6.09. The number of anilines is 3. The number of para-hydroxylation sites is 4. The summed E-state index contributed by atoms with van der Waals surface area (Å²) in [6, 6.07) is 115. The highest BCUT2D eigenvalue weighted by molar-refractivity contribution is 6.00. The Bertz CT molecular complexity index is 4750. The minimum Gasteiger partial charge on any atom is -0.457 e. The number of benzene rings is 13. The first-order valence-corrected chi connectivity index (χ1v) is 29.1. The molecule has 0 amide bonds. The van der Waals surface area contributed by atoms with E-state index in [4.69, 9.17) is 9.47 Å². The highest BCUT2D eigenvalue weighted by Gasteiger charge is 2.54. The Kier molecular flexibility index (Phi) is 9.86. The first-order chi connectivity index (χ1) is 41.7. The van der Waals surface area contributed by atoms with Crippen molar-refractivity contribution >= 4 is 17.1 Å². The highest BCUT2D eigenvalue weighted by atomic mass is 16.5. The number of hydrogen-bond donors (Lipinski definition) is 0. The van der Waals surface area contributed by atoms with Gasteiger partial charge < -0.3 is 14.4 Å². The van der Waals surface area contributed by atoms with E-state index in [1.807, 2.05) is 0 Å². The number of rotatable bonds is 6. The molecule has 13 aromatic carbocycles. The summed E-state index contributed by atoms with van der Waals surface area (Å²) in [6.07, 6.45) is 0. The van der Waals surface area contributed by atoms with Gasteiger partial charge in [-0.25, -0.2) is 0 Å². The quantitative estimate of drug-likeness (QED) is 0.166. The summed E-state index contributed by atoms with van der Waals surface area (Å²) >= 11 is 0. The van der Waals surface area contributed by atoms with E-state index in [1.54, 1.807) is 0 Å². The lowest BCUT2D eigenvalue weighted by Gasteiger charge is -2.39. The van der Waals surface area contributed by atoms with Crippen LogP contribution in [0.2, 0.25) is 0 Å². The van der Waals surface area contributed by atoms with Crippen LogP contribution in [-0.4, -0.2) is 0 Å². The Morgan fingerprint density at radius 3 is 1.17 bits per heavy atom. The molecule has 0 fully saturated rings. The molecule has 84 heavy (non-hydrogen) atoms. The van der Waals surface area contributed by atoms with Crippen molar-refractivity contribution in [1.29, 1.82) is 0 Å². The van der Waals surface area contributed by atoms with Crippen molar-refractivity contribution in [2.24, 2.45) is 0 Å². The molecule has 392 valence electrons. The summed E-state index contributed by atoms with van der Waals surface area (Å²) in [6.45, 7) is 0. The fraction of sp³-hybridized carbons (Fsp3) is 0.0370. The molecule has 2 aliphatic heterocycles. The van der Waals surface area contributed by atoms with Gasteiger partial charge in [-0.1, -0.05) is 249 Å². The van der Waals surface area contributed by atoms with Crippen molar-refractivity contribution in [2.75, 3.05) is 4.90 Å². The second kappa shape index (κ2) is 17.6. The standard InChI is InChI=1S/C81H51NO2/c1-3-24-54(25-4-1)79(55-26-5-2-6-27-55)63-32-10-7-29-58(63)61-48-46-57(51-72(61)79)82(73-40-22-39-70-78(73)62-31-9-12-34-65(62)80(70)66-35-13-17-41-74(66)83-75-42-18-14-36-67(75)80)56-28-21-23-52(49-56)53-45-47-60-59-30-8-11-33-64(59)81(71(60)50-53)68-37-15-19-43-76(68)84-77-44-20-16-38-69(77)81/h1-51H. The van der Waals surface area contributed by atoms with Gasteiger partial charge in [0.15, 0.2) is 0 Å². The Labute approximate surface area is 488 Å². The summed E-state index contributed by atoms with van der Waals surface area (Å²) in [5.74, 6) is 3.51. The maximum atomic E-state index is 6.83. The largest absolute Gasteiger partial charge is 0.457 e. The Balaban J connectivity index is 0.903. The molecule has 2 heterocycles. The van der Waals surface area contributed by atoms with Gasteiger partial charge >= 0.3 is 0 Å². The molecule has 18 rings (SSSR count). The van der Waals surface area contributed by atoms with Crippen molar-refractivity contribution in [3.05, 3.63) is 376 Å². The van der Waals surface area contributed by atoms with Gasteiger partial charge in [0.2, 0.25) is 0 Å². The van der Waals surface area contributed by atoms with Gasteiger partial charge in [0.05, 0.1) is 21.9 Å². The van der Waals surface area contributed by atoms with E-state index in [9.17, 15) is 0 Å². The van der Waals surface area contributed by atoms with Crippen LogP contribution in [0, 0.1) is 0 Å². The summed E-state index contributed by atoms with van der Waals surface area (Å²) < 4.78 is 13.6. The molecule has 3 heteroatoms. The molecule has 0 unspecified atom stereocenters. The van der Waals surface area contributed by atoms with E-state index < -0.39 is 16.2 Å². The molecule has 0 N–H and O–H groups in total. The van der Waals surface area contributed by atoms with E-state index in [0.717, 1.165) is 73.4 Å². The molecule has 0 radical (unpaired) electrons. The number of fused-ring (bicyclic) bond motifs is 21. The summed E-state index contributed by atoms with van der Waals surface area (Å²) in [4.78, 5) is 2.55. The van der Waals surface area contributed by atoms with Crippen LogP contribution in [0.5, 0.6) is 23.0 Å². The van der Waals surface area contributed by atoms with Crippen molar-refractivity contribution in [3.63, 3.8) is 0 Å². The molecular weight excluding hydrogens is 1020 g/mol. The Morgan fingerprint density at radius 2 is 0.607 bits per heavy atom. The van der Waals surface area contributed by atoms with Crippen LogP contribution in [0.25, 0.3) is 44.5 Å². The van der Waals surface area contributed by atoms with Crippen LogP contribution < -0.4 is 14.4 Å². The second-order valence-electron chi connectivity index (χ2n) is 22.9. The second-order valence-corrected chi connectivity index (χ2v) is 22.9. The molecule has 3 aliphatic carbocycles. The van der Waals surface area contributed by atoms with Gasteiger partial charge in [-0.05, 0) is 144 Å². The molecule has 5 aliphatic rings. The van der Waals surface area contributed by atoms with Gasteiger partial charge in [0.25, 0.3) is 0 Å².